The summed E-state index contributed by atoms with van der Waals surface area (Å²) < 4.78 is 5.58. The standard InChI is InChI=1S/C24H44O2/c1-2-3-4-5-6-7-8-9-13-20-26-24(25)23-18-16-22(17-19-23)21-14-11-10-12-15-21/h21-23H,2-20H2,1H3. The zero-order valence-electron chi connectivity index (χ0n) is 17.5. The van der Waals surface area contributed by atoms with Crippen LogP contribution in [0, 0.1) is 17.8 Å². The highest BCUT2D eigenvalue weighted by molar-refractivity contribution is 5.72. The summed E-state index contributed by atoms with van der Waals surface area (Å²) in [5.41, 5.74) is 0. The number of unbranched alkanes of at least 4 members (excludes halogenated alkanes) is 8. The van der Waals surface area contributed by atoms with E-state index in [0.29, 0.717) is 6.61 Å². The number of rotatable bonds is 12. The molecule has 2 aliphatic rings. The Morgan fingerprint density at radius 3 is 1.85 bits per heavy atom. The summed E-state index contributed by atoms with van der Waals surface area (Å²) in [5.74, 6) is 2.17. The van der Waals surface area contributed by atoms with Gasteiger partial charge in [-0.3, -0.25) is 4.79 Å². The highest BCUT2D eigenvalue weighted by Gasteiger charge is 2.31. The first-order chi connectivity index (χ1) is 12.8. The molecule has 152 valence electrons. The van der Waals surface area contributed by atoms with Crippen LogP contribution < -0.4 is 0 Å². The van der Waals surface area contributed by atoms with Gasteiger partial charge in [0.1, 0.15) is 0 Å². The number of carbonyl (C=O) groups is 1. The number of hydrogen-bond acceptors (Lipinski definition) is 2. The summed E-state index contributed by atoms with van der Waals surface area (Å²) in [7, 11) is 0. The van der Waals surface area contributed by atoms with E-state index >= 15 is 0 Å². The topological polar surface area (TPSA) is 26.3 Å². The van der Waals surface area contributed by atoms with Crippen LogP contribution in [0.1, 0.15) is 122 Å². The summed E-state index contributed by atoms with van der Waals surface area (Å²) in [6, 6.07) is 0. The Labute approximate surface area is 162 Å². The third-order valence-corrected chi connectivity index (χ3v) is 6.91. The van der Waals surface area contributed by atoms with E-state index in [1.807, 2.05) is 0 Å². The predicted molar refractivity (Wildman–Crippen MR) is 110 cm³/mol. The third kappa shape index (κ3) is 8.44. The highest BCUT2D eigenvalue weighted by Crippen LogP contribution is 2.40. The van der Waals surface area contributed by atoms with Crippen molar-refractivity contribution in [1.29, 1.82) is 0 Å². The molecule has 2 heteroatoms. The molecule has 2 saturated carbocycles. The fourth-order valence-electron chi connectivity index (χ4n) is 5.14. The summed E-state index contributed by atoms with van der Waals surface area (Å²) >= 11 is 0. The highest BCUT2D eigenvalue weighted by atomic mass is 16.5. The van der Waals surface area contributed by atoms with Gasteiger partial charge in [-0.15, -0.1) is 0 Å². The van der Waals surface area contributed by atoms with Crippen molar-refractivity contribution >= 4 is 5.97 Å². The molecule has 0 aromatic rings. The lowest BCUT2D eigenvalue weighted by molar-refractivity contribution is -0.150. The Morgan fingerprint density at radius 1 is 0.692 bits per heavy atom. The number of hydrogen-bond donors (Lipinski definition) is 0. The minimum absolute atomic E-state index is 0.103. The van der Waals surface area contributed by atoms with Crippen LogP contribution in [0.2, 0.25) is 0 Å². The van der Waals surface area contributed by atoms with Gasteiger partial charge in [0.15, 0.2) is 0 Å². The molecule has 2 fully saturated rings. The van der Waals surface area contributed by atoms with Crippen molar-refractivity contribution in [2.24, 2.45) is 17.8 Å². The summed E-state index contributed by atoms with van der Waals surface area (Å²) in [4.78, 5) is 12.3. The van der Waals surface area contributed by atoms with Gasteiger partial charge in [0.2, 0.25) is 0 Å². The van der Waals surface area contributed by atoms with Gasteiger partial charge in [0.25, 0.3) is 0 Å². The maximum absolute atomic E-state index is 12.3. The quantitative estimate of drug-likeness (QED) is 0.265. The minimum Gasteiger partial charge on any atom is -0.465 e. The lowest BCUT2D eigenvalue weighted by Gasteiger charge is -2.35. The van der Waals surface area contributed by atoms with Crippen LogP contribution in [0.15, 0.2) is 0 Å². The first-order valence-corrected chi connectivity index (χ1v) is 12.0. The molecule has 0 atom stereocenters. The number of carbonyl (C=O) groups excluding carboxylic acids is 1. The third-order valence-electron chi connectivity index (χ3n) is 6.91. The normalized spacial score (nSPS) is 24.5. The Balaban J connectivity index is 1.44. The molecule has 26 heavy (non-hydrogen) atoms. The maximum atomic E-state index is 12.3. The molecule has 0 aliphatic heterocycles. The molecule has 0 saturated heterocycles. The van der Waals surface area contributed by atoms with E-state index in [2.05, 4.69) is 6.92 Å². The zero-order chi connectivity index (χ0) is 18.5. The van der Waals surface area contributed by atoms with Crippen molar-refractivity contribution in [3.05, 3.63) is 0 Å². The van der Waals surface area contributed by atoms with E-state index in [0.717, 1.165) is 31.1 Å². The van der Waals surface area contributed by atoms with Gasteiger partial charge in [0.05, 0.1) is 12.5 Å². The second kappa shape index (κ2) is 13.6. The van der Waals surface area contributed by atoms with E-state index in [1.165, 1.54) is 96.3 Å². The molecule has 0 amide bonds. The average Bonchev–Trinajstić information content (AvgIpc) is 2.70. The predicted octanol–water partition coefficient (Wildman–Crippen LogP) is 7.45. The van der Waals surface area contributed by atoms with E-state index in [4.69, 9.17) is 4.74 Å². The van der Waals surface area contributed by atoms with E-state index < -0.39 is 0 Å². The van der Waals surface area contributed by atoms with E-state index in [9.17, 15) is 4.79 Å². The fourth-order valence-corrected chi connectivity index (χ4v) is 5.14. The molecule has 2 rings (SSSR count). The largest absolute Gasteiger partial charge is 0.465 e. The van der Waals surface area contributed by atoms with Crippen LogP contribution in [-0.4, -0.2) is 12.6 Å². The van der Waals surface area contributed by atoms with Crippen molar-refractivity contribution in [1.82, 2.24) is 0 Å². The molecule has 0 bridgehead atoms. The van der Waals surface area contributed by atoms with Gasteiger partial charge in [-0.1, -0.05) is 90.4 Å². The van der Waals surface area contributed by atoms with Crippen molar-refractivity contribution in [2.45, 2.75) is 122 Å². The molecule has 2 aliphatic carbocycles. The van der Waals surface area contributed by atoms with Crippen molar-refractivity contribution in [3.63, 3.8) is 0 Å². The van der Waals surface area contributed by atoms with Gasteiger partial charge in [0, 0.05) is 0 Å². The fraction of sp³-hybridized carbons (Fsp3) is 0.958. The zero-order valence-corrected chi connectivity index (χ0v) is 17.5. The van der Waals surface area contributed by atoms with Gasteiger partial charge >= 0.3 is 5.97 Å². The Bertz CT molecular complexity index is 351. The molecule has 0 N–H and O–H groups in total. The van der Waals surface area contributed by atoms with Crippen LogP contribution in [-0.2, 0) is 9.53 Å². The number of esters is 1. The minimum atomic E-state index is 0.103. The second-order valence-electron chi connectivity index (χ2n) is 9.01. The van der Waals surface area contributed by atoms with Crippen LogP contribution >= 0.6 is 0 Å². The van der Waals surface area contributed by atoms with Crippen molar-refractivity contribution in [3.8, 4) is 0 Å². The second-order valence-corrected chi connectivity index (χ2v) is 9.01. The lowest BCUT2D eigenvalue weighted by atomic mass is 9.71. The molecule has 0 spiro atoms. The van der Waals surface area contributed by atoms with Gasteiger partial charge < -0.3 is 4.74 Å². The van der Waals surface area contributed by atoms with Crippen molar-refractivity contribution in [2.75, 3.05) is 6.61 Å². The van der Waals surface area contributed by atoms with E-state index in [-0.39, 0.29) is 11.9 Å². The smallest absolute Gasteiger partial charge is 0.308 e. The molecule has 0 unspecified atom stereocenters. The van der Waals surface area contributed by atoms with Gasteiger partial charge in [-0.2, -0.15) is 0 Å². The summed E-state index contributed by atoms with van der Waals surface area (Å²) in [6.45, 7) is 2.92. The van der Waals surface area contributed by atoms with E-state index in [1.54, 1.807) is 0 Å². The van der Waals surface area contributed by atoms with Crippen LogP contribution in [0.4, 0.5) is 0 Å². The summed E-state index contributed by atoms with van der Waals surface area (Å²) in [5, 5.41) is 0. The molecular weight excluding hydrogens is 320 g/mol. The van der Waals surface area contributed by atoms with Crippen LogP contribution in [0.3, 0.4) is 0 Å². The van der Waals surface area contributed by atoms with Crippen LogP contribution in [0.5, 0.6) is 0 Å². The maximum Gasteiger partial charge on any atom is 0.308 e. The Hall–Kier alpha value is -0.530. The van der Waals surface area contributed by atoms with Crippen molar-refractivity contribution < 1.29 is 9.53 Å². The molecular formula is C24H44O2. The average molecular weight is 365 g/mol. The van der Waals surface area contributed by atoms with Gasteiger partial charge in [-0.05, 0) is 43.9 Å². The number of ether oxygens (including phenoxy) is 1. The first kappa shape index (κ1) is 21.8. The molecule has 0 heterocycles. The molecule has 2 nitrogen and oxygen atoms in total. The monoisotopic (exact) mass is 364 g/mol. The molecule has 0 aromatic heterocycles. The first-order valence-electron chi connectivity index (χ1n) is 12.0. The summed E-state index contributed by atoms with van der Waals surface area (Å²) in [6.07, 6.45) is 23.7. The Kier molecular flexibility index (Phi) is 11.4. The SMILES string of the molecule is CCCCCCCCCCCOC(=O)C1CCC(C2CCCCC2)CC1. The molecule has 0 aromatic carbocycles. The lowest BCUT2D eigenvalue weighted by Crippen LogP contribution is -2.28. The van der Waals surface area contributed by atoms with Crippen LogP contribution in [0.25, 0.3) is 0 Å². The van der Waals surface area contributed by atoms with Gasteiger partial charge in [-0.25, -0.2) is 0 Å². The Morgan fingerprint density at radius 2 is 1.23 bits per heavy atom. The molecule has 0 radical (unpaired) electrons.